The van der Waals surface area contributed by atoms with E-state index in [-0.39, 0.29) is 0 Å². The molecule has 2 heteroatoms. The van der Waals surface area contributed by atoms with E-state index in [0.717, 1.165) is 22.6 Å². The molecule has 0 aliphatic heterocycles. The number of ether oxygens (including phenoxy) is 1. The highest BCUT2D eigenvalue weighted by atomic mass is 16.5. The van der Waals surface area contributed by atoms with Gasteiger partial charge >= 0.3 is 0 Å². The van der Waals surface area contributed by atoms with Crippen LogP contribution in [0.1, 0.15) is 30.5 Å². The van der Waals surface area contributed by atoms with Crippen LogP contribution in [0.4, 0.5) is 0 Å². The first-order valence-corrected chi connectivity index (χ1v) is 6.45. The van der Waals surface area contributed by atoms with Gasteiger partial charge in [-0.05, 0) is 49.2 Å². The molecule has 19 heavy (non-hydrogen) atoms. The molecule has 0 unspecified atom stereocenters. The van der Waals surface area contributed by atoms with Crippen molar-refractivity contribution in [1.29, 1.82) is 5.26 Å². The minimum absolute atomic E-state index is 0.683. The highest BCUT2D eigenvalue weighted by molar-refractivity contribution is 5.44. The molecule has 0 fully saturated rings. The van der Waals surface area contributed by atoms with E-state index in [1.54, 1.807) is 6.07 Å². The van der Waals surface area contributed by atoms with Gasteiger partial charge in [0.2, 0.25) is 0 Å². The molecular weight excluding hydrogens is 234 g/mol. The summed E-state index contributed by atoms with van der Waals surface area (Å²) in [7, 11) is 0. The van der Waals surface area contributed by atoms with Gasteiger partial charge in [0.25, 0.3) is 0 Å². The summed E-state index contributed by atoms with van der Waals surface area (Å²) in [6.45, 7) is 7.91. The van der Waals surface area contributed by atoms with Gasteiger partial charge in [-0.2, -0.15) is 5.26 Å². The molecule has 0 saturated carbocycles. The van der Waals surface area contributed by atoms with E-state index in [9.17, 15) is 0 Å². The molecule has 0 radical (unpaired) electrons. The Kier molecular flexibility index (Phi) is 5.63. The molecule has 98 valence electrons. The number of para-hydroxylation sites is 1. The van der Waals surface area contributed by atoms with Crippen LogP contribution in [0.5, 0.6) is 11.5 Å². The van der Waals surface area contributed by atoms with E-state index in [1.807, 2.05) is 64.1 Å². The van der Waals surface area contributed by atoms with Crippen LogP contribution in [0.3, 0.4) is 0 Å². The second-order valence-corrected chi connectivity index (χ2v) is 3.96. The SMILES string of the molecule is CC.Cc1cc(Oc2ccccc2C)ccc1C#N. The van der Waals surface area contributed by atoms with Crippen LogP contribution in [0, 0.1) is 25.2 Å². The largest absolute Gasteiger partial charge is 0.457 e. The summed E-state index contributed by atoms with van der Waals surface area (Å²) in [5.41, 5.74) is 2.70. The Morgan fingerprint density at radius 2 is 1.63 bits per heavy atom. The van der Waals surface area contributed by atoms with Gasteiger partial charge in [0, 0.05) is 0 Å². The van der Waals surface area contributed by atoms with Gasteiger partial charge in [0.05, 0.1) is 11.6 Å². The van der Waals surface area contributed by atoms with Gasteiger partial charge in [-0.1, -0.05) is 32.0 Å². The summed E-state index contributed by atoms with van der Waals surface area (Å²) >= 11 is 0. The van der Waals surface area contributed by atoms with Crippen LogP contribution in [0.25, 0.3) is 0 Å². The Morgan fingerprint density at radius 1 is 0.947 bits per heavy atom. The zero-order valence-corrected chi connectivity index (χ0v) is 11.9. The maximum atomic E-state index is 8.85. The number of hydrogen-bond donors (Lipinski definition) is 0. The van der Waals surface area contributed by atoms with Crippen molar-refractivity contribution in [3.63, 3.8) is 0 Å². The summed E-state index contributed by atoms with van der Waals surface area (Å²) < 4.78 is 5.78. The summed E-state index contributed by atoms with van der Waals surface area (Å²) in [5.74, 6) is 1.60. The van der Waals surface area contributed by atoms with Crippen LogP contribution in [0.2, 0.25) is 0 Å². The minimum atomic E-state index is 0.683. The Balaban J connectivity index is 0.000000861. The quantitative estimate of drug-likeness (QED) is 0.755. The summed E-state index contributed by atoms with van der Waals surface area (Å²) in [6, 6.07) is 15.5. The Morgan fingerprint density at radius 3 is 2.21 bits per heavy atom. The fourth-order valence-electron chi connectivity index (χ4n) is 1.62. The van der Waals surface area contributed by atoms with Crippen molar-refractivity contribution in [1.82, 2.24) is 0 Å². The average Bonchev–Trinajstić information content (AvgIpc) is 2.44. The number of nitriles is 1. The molecule has 2 aromatic carbocycles. The molecule has 0 aliphatic carbocycles. The van der Waals surface area contributed by atoms with Crippen molar-refractivity contribution < 1.29 is 4.74 Å². The molecule has 0 N–H and O–H groups in total. The molecule has 0 amide bonds. The minimum Gasteiger partial charge on any atom is -0.457 e. The Hall–Kier alpha value is -2.27. The molecule has 2 nitrogen and oxygen atoms in total. The first-order chi connectivity index (χ1) is 9.20. The molecule has 0 aliphatic rings. The van der Waals surface area contributed by atoms with Gasteiger partial charge < -0.3 is 4.74 Å². The fourth-order valence-corrected chi connectivity index (χ4v) is 1.62. The Labute approximate surface area is 115 Å². The van der Waals surface area contributed by atoms with Crippen LogP contribution in [-0.2, 0) is 0 Å². The van der Waals surface area contributed by atoms with Crippen molar-refractivity contribution in [2.24, 2.45) is 0 Å². The molecule has 0 atom stereocenters. The lowest BCUT2D eigenvalue weighted by Gasteiger charge is -2.09. The fraction of sp³-hybridized carbons (Fsp3) is 0.235. The molecule has 0 saturated heterocycles. The molecule has 2 rings (SSSR count). The molecule has 2 aromatic rings. The van der Waals surface area contributed by atoms with Crippen molar-refractivity contribution in [3.05, 3.63) is 59.2 Å². The van der Waals surface area contributed by atoms with Crippen molar-refractivity contribution in [2.45, 2.75) is 27.7 Å². The predicted octanol–water partition coefficient (Wildman–Crippen LogP) is 4.99. The first-order valence-electron chi connectivity index (χ1n) is 6.45. The lowest BCUT2D eigenvalue weighted by atomic mass is 10.1. The lowest BCUT2D eigenvalue weighted by Crippen LogP contribution is -1.89. The number of benzene rings is 2. The summed E-state index contributed by atoms with van der Waals surface area (Å²) in [5, 5.41) is 8.85. The highest BCUT2D eigenvalue weighted by Crippen LogP contribution is 2.26. The summed E-state index contributed by atoms with van der Waals surface area (Å²) in [6.07, 6.45) is 0. The molecule has 0 spiro atoms. The molecule has 0 heterocycles. The first kappa shape index (κ1) is 14.8. The monoisotopic (exact) mass is 253 g/mol. The standard InChI is InChI=1S/C15H13NO.C2H6/c1-11-5-3-4-6-15(11)17-14-8-7-13(10-16)12(2)9-14;1-2/h3-9H,1-2H3;1-2H3. The predicted molar refractivity (Wildman–Crippen MR) is 78.5 cm³/mol. The zero-order chi connectivity index (χ0) is 14.3. The van der Waals surface area contributed by atoms with Crippen LogP contribution in [-0.4, -0.2) is 0 Å². The van der Waals surface area contributed by atoms with Crippen molar-refractivity contribution in [3.8, 4) is 17.6 Å². The van der Waals surface area contributed by atoms with Gasteiger partial charge in [0.15, 0.2) is 0 Å². The number of aryl methyl sites for hydroxylation is 2. The number of nitrogens with zero attached hydrogens (tertiary/aromatic N) is 1. The van der Waals surface area contributed by atoms with Crippen LogP contribution >= 0.6 is 0 Å². The third kappa shape index (κ3) is 3.86. The average molecular weight is 253 g/mol. The third-order valence-corrected chi connectivity index (χ3v) is 2.64. The van der Waals surface area contributed by atoms with E-state index in [0.29, 0.717) is 5.56 Å². The van der Waals surface area contributed by atoms with E-state index < -0.39 is 0 Å². The molecular formula is C17H19NO. The molecule has 0 bridgehead atoms. The maximum absolute atomic E-state index is 8.85. The van der Waals surface area contributed by atoms with Crippen LogP contribution in [0.15, 0.2) is 42.5 Å². The molecule has 0 aromatic heterocycles. The van der Waals surface area contributed by atoms with Crippen molar-refractivity contribution in [2.75, 3.05) is 0 Å². The van der Waals surface area contributed by atoms with Gasteiger partial charge in [-0.25, -0.2) is 0 Å². The van der Waals surface area contributed by atoms with Crippen molar-refractivity contribution >= 4 is 0 Å². The zero-order valence-electron chi connectivity index (χ0n) is 11.9. The van der Waals surface area contributed by atoms with E-state index in [1.165, 1.54) is 0 Å². The second kappa shape index (κ2) is 7.23. The summed E-state index contributed by atoms with van der Waals surface area (Å²) in [4.78, 5) is 0. The van der Waals surface area contributed by atoms with E-state index in [2.05, 4.69) is 6.07 Å². The van der Waals surface area contributed by atoms with Crippen LogP contribution < -0.4 is 4.74 Å². The Bertz CT molecular complexity index is 582. The van der Waals surface area contributed by atoms with Gasteiger partial charge in [0.1, 0.15) is 11.5 Å². The normalized spacial score (nSPS) is 9.00. The highest BCUT2D eigenvalue weighted by Gasteiger charge is 2.03. The van der Waals surface area contributed by atoms with Gasteiger partial charge in [-0.3, -0.25) is 0 Å². The topological polar surface area (TPSA) is 33.0 Å². The lowest BCUT2D eigenvalue weighted by molar-refractivity contribution is 0.478. The third-order valence-electron chi connectivity index (χ3n) is 2.64. The van der Waals surface area contributed by atoms with E-state index in [4.69, 9.17) is 10.00 Å². The maximum Gasteiger partial charge on any atom is 0.130 e. The van der Waals surface area contributed by atoms with E-state index >= 15 is 0 Å². The number of rotatable bonds is 2. The smallest absolute Gasteiger partial charge is 0.130 e. The van der Waals surface area contributed by atoms with Gasteiger partial charge in [-0.15, -0.1) is 0 Å². The number of hydrogen-bond acceptors (Lipinski definition) is 2. The second-order valence-electron chi connectivity index (χ2n) is 3.96.